The Labute approximate surface area is 61.4 Å². The van der Waals surface area contributed by atoms with E-state index in [2.05, 4.69) is 13.0 Å². The molecule has 0 heterocycles. The summed E-state index contributed by atoms with van der Waals surface area (Å²) < 4.78 is 0. The summed E-state index contributed by atoms with van der Waals surface area (Å²) in [5, 5.41) is 0. The third-order valence-electron chi connectivity index (χ3n) is 1.69. The van der Waals surface area contributed by atoms with E-state index in [1.54, 1.807) is 6.08 Å². The Morgan fingerprint density at radius 2 is 2.30 bits per heavy atom. The van der Waals surface area contributed by atoms with Crippen LogP contribution in [0, 0.1) is 0 Å². The second-order valence-corrected chi connectivity index (χ2v) is 2.47. The van der Waals surface area contributed by atoms with Gasteiger partial charge in [-0.05, 0) is 18.9 Å². The summed E-state index contributed by atoms with van der Waals surface area (Å²) in [5.74, 6) is 0.250. The standard InChI is InChI=1S/C9H12O/c1-2-8-4-3-5-9(10)7-6-8/h4,6-7H,2-3,5H2,1H3. The molecule has 1 heteroatoms. The van der Waals surface area contributed by atoms with Crippen molar-refractivity contribution < 1.29 is 4.79 Å². The molecule has 0 unspecified atom stereocenters. The van der Waals surface area contributed by atoms with Crippen LogP contribution in [0.5, 0.6) is 0 Å². The van der Waals surface area contributed by atoms with Crippen LogP contribution in [0.1, 0.15) is 26.2 Å². The molecule has 0 fully saturated rings. The number of carbonyl (C=O) groups is 1. The molecule has 0 bridgehead atoms. The molecular weight excluding hydrogens is 124 g/mol. The van der Waals surface area contributed by atoms with Gasteiger partial charge in [-0.3, -0.25) is 4.79 Å². The summed E-state index contributed by atoms with van der Waals surface area (Å²) >= 11 is 0. The van der Waals surface area contributed by atoms with Crippen molar-refractivity contribution in [3.8, 4) is 0 Å². The van der Waals surface area contributed by atoms with Crippen LogP contribution in [-0.2, 0) is 4.79 Å². The van der Waals surface area contributed by atoms with Crippen LogP contribution >= 0.6 is 0 Å². The Morgan fingerprint density at radius 3 is 3.00 bits per heavy atom. The zero-order chi connectivity index (χ0) is 7.40. The van der Waals surface area contributed by atoms with Gasteiger partial charge in [-0.15, -0.1) is 0 Å². The molecule has 0 spiro atoms. The lowest BCUT2D eigenvalue weighted by Gasteiger charge is -1.90. The fourth-order valence-electron chi connectivity index (χ4n) is 1.01. The molecule has 54 valence electrons. The molecular formula is C9H12O. The number of hydrogen-bond donors (Lipinski definition) is 0. The molecule has 0 aliphatic heterocycles. The van der Waals surface area contributed by atoms with Gasteiger partial charge >= 0.3 is 0 Å². The summed E-state index contributed by atoms with van der Waals surface area (Å²) in [6.07, 6.45) is 8.37. The molecule has 0 saturated heterocycles. The quantitative estimate of drug-likeness (QED) is 0.540. The van der Waals surface area contributed by atoms with Crippen LogP contribution in [0.3, 0.4) is 0 Å². The Balaban J connectivity index is 2.66. The number of ketones is 1. The first-order valence-corrected chi connectivity index (χ1v) is 3.73. The Morgan fingerprint density at radius 1 is 1.50 bits per heavy atom. The van der Waals surface area contributed by atoms with Gasteiger partial charge in [-0.25, -0.2) is 0 Å². The fraction of sp³-hybridized carbons (Fsp3) is 0.444. The van der Waals surface area contributed by atoms with Crippen LogP contribution < -0.4 is 0 Å². The van der Waals surface area contributed by atoms with E-state index in [0.29, 0.717) is 6.42 Å². The van der Waals surface area contributed by atoms with Crippen molar-refractivity contribution >= 4 is 5.78 Å². The van der Waals surface area contributed by atoms with Crippen molar-refractivity contribution in [2.45, 2.75) is 26.2 Å². The molecule has 10 heavy (non-hydrogen) atoms. The smallest absolute Gasteiger partial charge is 0.156 e. The first-order chi connectivity index (χ1) is 4.83. The molecule has 1 rings (SSSR count). The average molecular weight is 136 g/mol. The highest BCUT2D eigenvalue weighted by Crippen LogP contribution is 2.10. The van der Waals surface area contributed by atoms with E-state index in [9.17, 15) is 4.79 Å². The third kappa shape index (κ3) is 1.83. The van der Waals surface area contributed by atoms with E-state index >= 15 is 0 Å². The lowest BCUT2D eigenvalue weighted by Crippen LogP contribution is -1.87. The summed E-state index contributed by atoms with van der Waals surface area (Å²) in [6.45, 7) is 2.10. The van der Waals surface area contributed by atoms with Crippen molar-refractivity contribution in [1.29, 1.82) is 0 Å². The molecule has 0 aromatic rings. The normalized spacial score (nSPS) is 18.5. The van der Waals surface area contributed by atoms with Crippen molar-refractivity contribution in [3.05, 3.63) is 23.8 Å². The molecule has 1 aliphatic rings. The molecule has 0 saturated carbocycles. The first kappa shape index (κ1) is 7.26. The maximum Gasteiger partial charge on any atom is 0.156 e. The molecule has 0 atom stereocenters. The van der Waals surface area contributed by atoms with Gasteiger partial charge in [0, 0.05) is 6.42 Å². The number of carbonyl (C=O) groups excluding carboxylic acids is 1. The largest absolute Gasteiger partial charge is 0.295 e. The predicted molar refractivity (Wildman–Crippen MR) is 41.8 cm³/mol. The van der Waals surface area contributed by atoms with E-state index in [-0.39, 0.29) is 5.78 Å². The molecule has 1 aliphatic carbocycles. The third-order valence-corrected chi connectivity index (χ3v) is 1.69. The topological polar surface area (TPSA) is 17.1 Å². The summed E-state index contributed by atoms with van der Waals surface area (Å²) in [5.41, 5.74) is 1.28. The van der Waals surface area contributed by atoms with Gasteiger partial charge in [0.05, 0.1) is 0 Å². The molecule has 0 amide bonds. The second kappa shape index (κ2) is 3.35. The number of rotatable bonds is 1. The average Bonchev–Trinajstić information content (AvgIpc) is 2.14. The summed E-state index contributed by atoms with van der Waals surface area (Å²) in [6, 6.07) is 0. The van der Waals surface area contributed by atoms with Crippen molar-refractivity contribution in [3.63, 3.8) is 0 Å². The van der Waals surface area contributed by atoms with Crippen molar-refractivity contribution in [2.24, 2.45) is 0 Å². The van der Waals surface area contributed by atoms with E-state index in [1.165, 1.54) is 5.57 Å². The summed E-state index contributed by atoms with van der Waals surface area (Å²) in [7, 11) is 0. The van der Waals surface area contributed by atoms with Gasteiger partial charge < -0.3 is 0 Å². The molecule has 0 radical (unpaired) electrons. The van der Waals surface area contributed by atoms with Gasteiger partial charge in [-0.2, -0.15) is 0 Å². The first-order valence-electron chi connectivity index (χ1n) is 3.73. The van der Waals surface area contributed by atoms with E-state index in [0.717, 1.165) is 12.8 Å². The summed E-state index contributed by atoms with van der Waals surface area (Å²) in [4.78, 5) is 10.8. The number of hydrogen-bond acceptors (Lipinski definition) is 1. The molecule has 1 nitrogen and oxygen atoms in total. The van der Waals surface area contributed by atoms with Crippen LogP contribution in [0.15, 0.2) is 23.8 Å². The molecule has 0 aromatic carbocycles. The zero-order valence-corrected chi connectivity index (χ0v) is 6.26. The second-order valence-electron chi connectivity index (χ2n) is 2.47. The lowest BCUT2D eigenvalue weighted by molar-refractivity contribution is -0.114. The van der Waals surface area contributed by atoms with Crippen molar-refractivity contribution in [1.82, 2.24) is 0 Å². The minimum Gasteiger partial charge on any atom is -0.295 e. The van der Waals surface area contributed by atoms with Crippen molar-refractivity contribution in [2.75, 3.05) is 0 Å². The molecule has 0 aromatic heterocycles. The Hall–Kier alpha value is -0.850. The van der Waals surface area contributed by atoms with E-state index < -0.39 is 0 Å². The van der Waals surface area contributed by atoms with Gasteiger partial charge in [0.2, 0.25) is 0 Å². The van der Waals surface area contributed by atoms with E-state index in [1.807, 2.05) is 6.08 Å². The SMILES string of the molecule is CCC1=CCCC(=O)C=C1. The van der Waals surface area contributed by atoms with Crippen LogP contribution in [0.25, 0.3) is 0 Å². The lowest BCUT2D eigenvalue weighted by atomic mass is 10.2. The zero-order valence-electron chi connectivity index (χ0n) is 6.26. The Bertz CT molecular complexity index is 187. The van der Waals surface area contributed by atoms with Crippen LogP contribution in [0.4, 0.5) is 0 Å². The van der Waals surface area contributed by atoms with E-state index in [4.69, 9.17) is 0 Å². The maximum absolute atomic E-state index is 10.8. The number of allylic oxidation sites excluding steroid dienone is 4. The van der Waals surface area contributed by atoms with Gasteiger partial charge in [0.25, 0.3) is 0 Å². The highest BCUT2D eigenvalue weighted by Gasteiger charge is 1.99. The highest BCUT2D eigenvalue weighted by molar-refractivity contribution is 5.90. The maximum atomic E-state index is 10.8. The highest BCUT2D eigenvalue weighted by atomic mass is 16.1. The Kier molecular flexibility index (Phi) is 2.43. The van der Waals surface area contributed by atoms with Crippen LogP contribution in [0.2, 0.25) is 0 Å². The monoisotopic (exact) mass is 136 g/mol. The minimum atomic E-state index is 0.250. The van der Waals surface area contributed by atoms with Crippen LogP contribution in [-0.4, -0.2) is 5.78 Å². The fourth-order valence-corrected chi connectivity index (χ4v) is 1.01. The predicted octanol–water partition coefficient (Wildman–Crippen LogP) is 2.24. The molecule has 0 N–H and O–H groups in total. The van der Waals surface area contributed by atoms with Gasteiger partial charge in [0.15, 0.2) is 5.78 Å². The minimum absolute atomic E-state index is 0.250. The van der Waals surface area contributed by atoms with Gasteiger partial charge in [-0.1, -0.05) is 24.6 Å². The van der Waals surface area contributed by atoms with Gasteiger partial charge in [0.1, 0.15) is 0 Å².